The number of hydrogen-bond donors (Lipinski definition) is 1. The van der Waals surface area contributed by atoms with Crippen molar-refractivity contribution in [2.75, 3.05) is 5.32 Å². The molecule has 0 bridgehead atoms. The van der Waals surface area contributed by atoms with E-state index in [1.165, 1.54) is 22.6 Å². The largest absolute Gasteiger partial charge is 0.348 e. The summed E-state index contributed by atoms with van der Waals surface area (Å²) in [6.07, 6.45) is 0. The lowest BCUT2D eigenvalue weighted by atomic mass is 10.1. The highest BCUT2D eigenvalue weighted by Gasteiger charge is 2.13. The minimum atomic E-state index is -0.128. The minimum absolute atomic E-state index is 0.128. The molecule has 120 valence electrons. The quantitative estimate of drug-likeness (QED) is 0.579. The molecule has 5 heteroatoms. The van der Waals surface area contributed by atoms with Crippen molar-refractivity contribution in [2.24, 2.45) is 7.05 Å². The Morgan fingerprint density at radius 1 is 1.17 bits per heavy atom. The van der Waals surface area contributed by atoms with Gasteiger partial charge >= 0.3 is 0 Å². The molecule has 0 aliphatic heterocycles. The Balaban J connectivity index is 1.69. The first-order valence-corrected chi connectivity index (χ1v) is 8.59. The van der Waals surface area contributed by atoms with Gasteiger partial charge in [-0.3, -0.25) is 10.1 Å². The maximum atomic E-state index is 12.6. The van der Waals surface area contributed by atoms with Crippen molar-refractivity contribution < 1.29 is 4.79 Å². The predicted octanol–water partition coefficient (Wildman–Crippen LogP) is 4.66. The molecule has 0 spiro atoms. The highest BCUT2D eigenvalue weighted by Crippen LogP contribution is 2.27. The summed E-state index contributed by atoms with van der Waals surface area (Å²) in [5, 5.41) is 4.66. The van der Waals surface area contributed by atoms with Gasteiger partial charge in [0.05, 0.1) is 10.2 Å². The molecule has 4 aromatic rings. The van der Waals surface area contributed by atoms with E-state index in [9.17, 15) is 4.79 Å². The number of carbonyl (C=O) groups is 1. The zero-order chi connectivity index (χ0) is 16.8. The lowest BCUT2D eigenvalue weighted by Gasteiger charge is -2.03. The molecule has 0 unspecified atom stereocenters. The van der Waals surface area contributed by atoms with Gasteiger partial charge in [-0.25, -0.2) is 4.98 Å². The first-order valence-electron chi connectivity index (χ1n) is 7.77. The fraction of sp³-hybridized carbons (Fsp3) is 0.158. The summed E-state index contributed by atoms with van der Waals surface area (Å²) >= 11 is 1.49. The van der Waals surface area contributed by atoms with Crippen LogP contribution < -0.4 is 5.32 Å². The summed E-state index contributed by atoms with van der Waals surface area (Å²) < 4.78 is 3.22. The average molecular weight is 335 g/mol. The number of rotatable bonds is 2. The van der Waals surface area contributed by atoms with E-state index in [0.717, 1.165) is 21.1 Å². The zero-order valence-corrected chi connectivity index (χ0v) is 14.6. The van der Waals surface area contributed by atoms with Gasteiger partial charge in [-0.2, -0.15) is 0 Å². The molecule has 2 heterocycles. The van der Waals surface area contributed by atoms with Crippen LogP contribution in [0, 0.1) is 13.8 Å². The van der Waals surface area contributed by atoms with Crippen LogP contribution in [0.2, 0.25) is 0 Å². The van der Waals surface area contributed by atoms with Gasteiger partial charge in [0, 0.05) is 29.2 Å². The molecule has 0 radical (unpaired) electrons. The van der Waals surface area contributed by atoms with E-state index in [4.69, 9.17) is 0 Å². The van der Waals surface area contributed by atoms with Crippen molar-refractivity contribution in [3.8, 4) is 0 Å². The van der Waals surface area contributed by atoms with Crippen LogP contribution in [0.15, 0.2) is 42.5 Å². The van der Waals surface area contributed by atoms with Crippen molar-refractivity contribution in [1.82, 2.24) is 9.55 Å². The first-order chi connectivity index (χ1) is 11.5. The Morgan fingerprint density at radius 3 is 2.75 bits per heavy atom. The summed E-state index contributed by atoms with van der Waals surface area (Å²) in [5.41, 5.74) is 5.12. The normalized spacial score (nSPS) is 11.3. The summed E-state index contributed by atoms with van der Waals surface area (Å²) in [6.45, 7) is 4.18. The highest BCUT2D eigenvalue weighted by molar-refractivity contribution is 7.22. The number of para-hydroxylation sites is 1. The van der Waals surface area contributed by atoms with E-state index in [0.29, 0.717) is 10.7 Å². The lowest BCUT2D eigenvalue weighted by Crippen LogP contribution is -2.11. The van der Waals surface area contributed by atoms with E-state index < -0.39 is 0 Å². The number of benzene rings is 2. The SMILES string of the molecule is Cc1c(C)n(C)c2ccc(C(=O)Nc3nc4ccccc4s3)cc12. The molecule has 0 atom stereocenters. The number of amides is 1. The van der Waals surface area contributed by atoms with Gasteiger partial charge in [0.1, 0.15) is 0 Å². The number of anilines is 1. The molecule has 24 heavy (non-hydrogen) atoms. The summed E-state index contributed by atoms with van der Waals surface area (Å²) in [4.78, 5) is 17.0. The molecule has 1 amide bonds. The second-order valence-corrected chi connectivity index (χ2v) is 6.97. The highest BCUT2D eigenvalue weighted by atomic mass is 32.1. The van der Waals surface area contributed by atoms with Gasteiger partial charge in [-0.1, -0.05) is 23.5 Å². The van der Waals surface area contributed by atoms with Crippen molar-refractivity contribution in [3.05, 3.63) is 59.3 Å². The van der Waals surface area contributed by atoms with Gasteiger partial charge in [0.2, 0.25) is 0 Å². The fourth-order valence-corrected chi connectivity index (χ4v) is 3.85. The number of nitrogens with one attached hydrogen (secondary N) is 1. The van der Waals surface area contributed by atoms with Crippen LogP contribution in [0.5, 0.6) is 0 Å². The number of aromatic nitrogens is 2. The third-order valence-electron chi connectivity index (χ3n) is 4.58. The summed E-state index contributed by atoms with van der Waals surface area (Å²) in [6, 6.07) is 13.7. The summed E-state index contributed by atoms with van der Waals surface area (Å²) in [7, 11) is 2.05. The molecule has 0 aliphatic rings. The van der Waals surface area contributed by atoms with E-state index in [-0.39, 0.29) is 5.91 Å². The zero-order valence-electron chi connectivity index (χ0n) is 13.8. The molecule has 0 fully saturated rings. The van der Waals surface area contributed by atoms with Crippen molar-refractivity contribution in [1.29, 1.82) is 0 Å². The van der Waals surface area contributed by atoms with Gasteiger partial charge < -0.3 is 4.57 Å². The molecule has 2 aromatic heterocycles. The van der Waals surface area contributed by atoms with Gasteiger partial charge in [0.15, 0.2) is 5.13 Å². The van der Waals surface area contributed by atoms with Crippen LogP contribution in [0.25, 0.3) is 21.1 Å². The third kappa shape index (κ3) is 2.29. The molecule has 4 rings (SSSR count). The van der Waals surface area contributed by atoms with E-state index in [1.54, 1.807) is 0 Å². The minimum Gasteiger partial charge on any atom is -0.348 e. The Kier molecular flexibility index (Phi) is 3.39. The number of aryl methyl sites for hydroxylation is 2. The monoisotopic (exact) mass is 335 g/mol. The number of carbonyl (C=O) groups excluding carboxylic acids is 1. The molecule has 0 saturated heterocycles. The molecule has 2 aromatic carbocycles. The number of fused-ring (bicyclic) bond motifs is 2. The molecule has 0 aliphatic carbocycles. The van der Waals surface area contributed by atoms with E-state index in [2.05, 4.69) is 28.7 Å². The van der Waals surface area contributed by atoms with Crippen LogP contribution in [-0.4, -0.2) is 15.5 Å². The Labute approximate surface area is 143 Å². The first kappa shape index (κ1) is 14.9. The van der Waals surface area contributed by atoms with Crippen LogP contribution in [0.1, 0.15) is 21.6 Å². The second-order valence-electron chi connectivity index (χ2n) is 5.94. The maximum Gasteiger partial charge on any atom is 0.257 e. The Morgan fingerprint density at radius 2 is 1.96 bits per heavy atom. The van der Waals surface area contributed by atoms with Crippen LogP contribution in [0.4, 0.5) is 5.13 Å². The lowest BCUT2D eigenvalue weighted by molar-refractivity contribution is 0.102. The van der Waals surface area contributed by atoms with Crippen molar-refractivity contribution in [2.45, 2.75) is 13.8 Å². The number of hydrogen-bond acceptors (Lipinski definition) is 3. The van der Waals surface area contributed by atoms with E-state index in [1.807, 2.05) is 49.5 Å². The number of thiazole rings is 1. The van der Waals surface area contributed by atoms with Crippen LogP contribution in [0.3, 0.4) is 0 Å². The third-order valence-corrected chi connectivity index (χ3v) is 5.54. The number of nitrogens with zero attached hydrogens (tertiary/aromatic N) is 2. The standard InChI is InChI=1S/C19H17N3OS/c1-11-12(2)22(3)16-9-8-13(10-14(11)16)18(23)21-19-20-15-6-4-5-7-17(15)24-19/h4-10H,1-3H3,(H,20,21,23). The average Bonchev–Trinajstić information content (AvgIpc) is 3.09. The summed E-state index contributed by atoms with van der Waals surface area (Å²) in [5.74, 6) is -0.128. The van der Waals surface area contributed by atoms with Crippen LogP contribution in [-0.2, 0) is 7.05 Å². The molecule has 0 saturated carbocycles. The van der Waals surface area contributed by atoms with Gasteiger partial charge in [0.25, 0.3) is 5.91 Å². The Hall–Kier alpha value is -2.66. The van der Waals surface area contributed by atoms with E-state index >= 15 is 0 Å². The molecule has 4 nitrogen and oxygen atoms in total. The molecular weight excluding hydrogens is 318 g/mol. The van der Waals surface area contributed by atoms with Crippen molar-refractivity contribution in [3.63, 3.8) is 0 Å². The maximum absolute atomic E-state index is 12.6. The molecule has 1 N–H and O–H groups in total. The smallest absolute Gasteiger partial charge is 0.257 e. The fourth-order valence-electron chi connectivity index (χ4n) is 2.99. The molecular formula is C19H17N3OS. The van der Waals surface area contributed by atoms with Gasteiger partial charge in [-0.15, -0.1) is 0 Å². The Bertz CT molecular complexity index is 1060. The predicted molar refractivity (Wildman–Crippen MR) is 100.0 cm³/mol. The van der Waals surface area contributed by atoms with Crippen molar-refractivity contribution >= 4 is 43.5 Å². The van der Waals surface area contributed by atoms with Crippen LogP contribution >= 0.6 is 11.3 Å². The second kappa shape index (κ2) is 5.46. The van der Waals surface area contributed by atoms with Gasteiger partial charge in [-0.05, 0) is 49.7 Å². The topological polar surface area (TPSA) is 46.9 Å².